The Labute approximate surface area is 139 Å². The van der Waals surface area contributed by atoms with Crippen molar-refractivity contribution >= 4 is 11.7 Å². The van der Waals surface area contributed by atoms with Gasteiger partial charge in [-0.15, -0.1) is 0 Å². The summed E-state index contributed by atoms with van der Waals surface area (Å²) in [5.74, 6) is 1.31. The number of piperazine rings is 1. The van der Waals surface area contributed by atoms with Crippen molar-refractivity contribution in [2.75, 3.05) is 44.2 Å². The molecule has 0 radical (unpaired) electrons. The van der Waals surface area contributed by atoms with Crippen molar-refractivity contribution in [3.63, 3.8) is 0 Å². The monoisotopic (exact) mass is 316 g/mol. The first-order valence-corrected chi connectivity index (χ1v) is 8.95. The van der Waals surface area contributed by atoms with E-state index in [0.29, 0.717) is 18.5 Å². The molecule has 2 aliphatic rings. The first-order valence-electron chi connectivity index (χ1n) is 8.95. The molecule has 2 aliphatic heterocycles. The Morgan fingerprint density at radius 2 is 2.00 bits per heavy atom. The maximum Gasteiger partial charge on any atom is 0.236 e. The third kappa shape index (κ3) is 4.02. The van der Waals surface area contributed by atoms with Crippen LogP contribution in [0.5, 0.6) is 0 Å². The van der Waals surface area contributed by atoms with E-state index in [1.807, 2.05) is 29.3 Å². The molecule has 23 heavy (non-hydrogen) atoms. The van der Waals surface area contributed by atoms with Crippen molar-refractivity contribution < 1.29 is 4.79 Å². The summed E-state index contributed by atoms with van der Waals surface area (Å²) < 4.78 is 0. The Kier molecular flexibility index (Phi) is 5.49. The van der Waals surface area contributed by atoms with Crippen LogP contribution >= 0.6 is 0 Å². The van der Waals surface area contributed by atoms with Gasteiger partial charge in [-0.1, -0.05) is 19.4 Å². The average Bonchev–Trinajstić information content (AvgIpc) is 2.63. The van der Waals surface area contributed by atoms with Gasteiger partial charge in [0.2, 0.25) is 5.91 Å². The minimum absolute atomic E-state index is 0.297. The fourth-order valence-electron chi connectivity index (χ4n) is 3.73. The van der Waals surface area contributed by atoms with Crippen LogP contribution in [-0.2, 0) is 4.79 Å². The minimum atomic E-state index is 0.297. The summed E-state index contributed by atoms with van der Waals surface area (Å²) in [6, 6.07) is 6.59. The number of hydrogen-bond acceptors (Lipinski definition) is 4. The maximum absolute atomic E-state index is 12.6. The van der Waals surface area contributed by atoms with Gasteiger partial charge < -0.3 is 9.80 Å². The molecule has 1 amide bonds. The Hall–Kier alpha value is -1.62. The Bertz CT molecular complexity index is 499. The number of aromatic nitrogens is 1. The quantitative estimate of drug-likeness (QED) is 0.852. The molecular formula is C18H28N4O. The van der Waals surface area contributed by atoms with Crippen molar-refractivity contribution in [2.45, 2.75) is 38.6 Å². The second-order valence-corrected chi connectivity index (χ2v) is 6.58. The zero-order valence-electron chi connectivity index (χ0n) is 14.2. The highest BCUT2D eigenvalue weighted by molar-refractivity contribution is 5.78. The van der Waals surface area contributed by atoms with Gasteiger partial charge in [-0.2, -0.15) is 0 Å². The van der Waals surface area contributed by atoms with Gasteiger partial charge in [0.15, 0.2) is 0 Å². The lowest BCUT2D eigenvalue weighted by atomic mass is 10.00. The predicted molar refractivity (Wildman–Crippen MR) is 92.5 cm³/mol. The molecule has 2 saturated heterocycles. The van der Waals surface area contributed by atoms with E-state index < -0.39 is 0 Å². The van der Waals surface area contributed by atoms with Gasteiger partial charge in [-0.3, -0.25) is 9.69 Å². The van der Waals surface area contributed by atoms with E-state index in [1.165, 1.54) is 19.3 Å². The van der Waals surface area contributed by atoms with Crippen molar-refractivity contribution in [2.24, 2.45) is 0 Å². The molecule has 3 heterocycles. The van der Waals surface area contributed by atoms with E-state index >= 15 is 0 Å². The van der Waals surface area contributed by atoms with Crippen molar-refractivity contribution in [1.82, 2.24) is 14.8 Å². The van der Waals surface area contributed by atoms with E-state index in [-0.39, 0.29) is 0 Å². The van der Waals surface area contributed by atoms with E-state index in [2.05, 4.69) is 21.7 Å². The minimum Gasteiger partial charge on any atom is -0.353 e. The van der Waals surface area contributed by atoms with Crippen LogP contribution in [0.25, 0.3) is 0 Å². The number of amides is 1. The van der Waals surface area contributed by atoms with Gasteiger partial charge >= 0.3 is 0 Å². The average molecular weight is 316 g/mol. The summed E-state index contributed by atoms with van der Waals surface area (Å²) in [4.78, 5) is 23.7. The lowest BCUT2D eigenvalue weighted by Crippen LogP contribution is -2.53. The van der Waals surface area contributed by atoms with Gasteiger partial charge in [-0.05, 0) is 37.9 Å². The largest absolute Gasteiger partial charge is 0.353 e. The molecule has 1 aromatic rings. The van der Waals surface area contributed by atoms with Crippen LogP contribution in [0.1, 0.15) is 32.6 Å². The smallest absolute Gasteiger partial charge is 0.236 e. The summed E-state index contributed by atoms with van der Waals surface area (Å²) in [5, 5.41) is 0. The third-order valence-corrected chi connectivity index (χ3v) is 5.16. The molecule has 2 fully saturated rings. The number of carbonyl (C=O) groups is 1. The third-order valence-electron chi connectivity index (χ3n) is 5.16. The fraction of sp³-hybridized carbons (Fsp3) is 0.667. The summed E-state index contributed by atoms with van der Waals surface area (Å²) in [6.07, 6.45) is 6.77. The number of hydrogen-bond donors (Lipinski definition) is 0. The Balaban J connectivity index is 1.50. The molecule has 0 aromatic carbocycles. The number of anilines is 1. The molecule has 5 nitrogen and oxygen atoms in total. The highest BCUT2D eigenvalue weighted by Gasteiger charge is 2.27. The molecule has 126 valence electrons. The molecule has 0 aliphatic carbocycles. The molecule has 5 heteroatoms. The molecule has 1 aromatic heterocycles. The van der Waals surface area contributed by atoms with Crippen LogP contribution in [0.2, 0.25) is 0 Å². The van der Waals surface area contributed by atoms with Gasteiger partial charge in [-0.25, -0.2) is 4.98 Å². The van der Waals surface area contributed by atoms with E-state index in [4.69, 9.17) is 0 Å². The van der Waals surface area contributed by atoms with Gasteiger partial charge in [0.25, 0.3) is 0 Å². The molecule has 0 bridgehead atoms. The summed E-state index contributed by atoms with van der Waals surface area (Å²) in [5.41, 5.74) is 0. The van der Waals surface area contributed by atoms with Crippen LogP contribution in [0.15, 0.2) is 24.4 Å². The van der Waals surface area contributed by atoms with Crippen LogP contribution in [-0.4, -0.2) is 66.0 Å². The molecule has 0 spiro atoms. The standard InChI is InChI=1S/C18H28N4O/c1-2-16-7-4-6-10-22(16)15-18(23)21-13-11-20(12-14-21)17-8-3-5-9-19-17/h3,5,8-9,16H,2,4,6-7,10-15H2,1H3. The Morgan fingerprint density at radius 3 is 2.70 bits per heavy atom. The normalized spacial score (nSPS) is 23.1. The molecule has 3 rings (SSSR count). The predicted octanol–water partition coefficient (Wildman–Crippen LogP) is 1.99. The topological polar surface area (TPSA) is 39.7 Å². The summed E-state index contributed by atoms with van der Waals surface area (Å²) >= 11 is 0. The van der Waals surface area contributed by atoms with Gasteiger partial charge in [0.05, 0.1) is 6.54 Å². The number of rotatable bonds is 4. The zero-order valence-corrected chi connectivity index (χ0v) is 14.2. The van der Waals surface area contributed by atoms with Crippen LogP contribution in [0, 0.1) is 0 Å². The molecule has 0 saturated carbocycles. The van der Waals surface area contributed by atoms with Gasteiger partial charge in [0.1, 0.15) is 5.82 Å². The fourth-order valence-corrected chi connectivity index (χ4v) is 3.73. The van der Waals surface area contributed by atoms with E-state index in [0.717, 1.165) is 45.0 Å². The van der Waals surface area contributed by atoms with E-state index in [1.54, 1.807) is 0 Å². The molecule has 1 unspecified atom stereocenters. The number of likely N-dealkylation sites (tertiary alicyclic amines) is 1. The molecule has 0 N–H and O–H groups in total. The number of nitrogens with zero attached hydrogens (tertiary/aromatic N) is 4. The second kappa shape index (κ2) is 7.77. The van der Waals surface area contributed by atoms with E-state index in [9.17, 15) is 4.79 Å². The Morgan fingerprint density at radius 1 is 1.17 bits per heavy atom. The highest BCUT2D eigenvalue weighted by Crippen LogP contribution is 2.19. The summed E-state index contributed by atoms with van der Waals surface area (Å²) in [6.45, 7) is 7.28. The van der Waals surface area contributed by atoms with Crippen molar-refractivity contribution in [3.8, 4) is 0 Å². The highest BCUT2D eigenvalue weighted by atomic mass is 16.2. The van der Waals surface area contributed by atoms with Gasteiger partial charge in [0, 0.05) is 38.4 Å². The first kappa shape index (κ1) is 16.2. The van der Waals surface area contributed by atoms with Crippen LogP contribution < -0.4 is 4.90 Å². The van der Waals surface area contributed by atoms with Crippen molar-refractivity contribution in [1.29, 1.82) is 0 Å². The number of pyridine rings is 1. The zero-order chi connectivity index (χ0) is 16.1. The van der Waals surface area contributed by atoms with Crippen molar-refractivity contribution in [3.05, 3.63) is 24.4 Å². The SMILES string of the molecule is CCC1CCCCN1CC(=O)N1CCN(c2ccccn2)CC1. The lowest BCUT2D eigenvalue weighted by molar-refractivity contribution is -0.133. The number of carbonyl (C=O) groups excluding carboxylic acids is 1. The molecular weight excluding hydrogens is 288 g/mol. The van der Waals surface area contributed by atoms with Crippen LogP contribution in [0.3, 0.4) is 0 Å². The second-order valence-electron chi connectivity index (χ2n) is 6.58. The lowest BCUT2D eigenvalue weighted by Gasteiger charge is -2.39. The maximum atomic E-state index is 12.6. The first-order chi connectivity index (χ1) is 11.3. The van der Waals surface area contributed by atoms with Crippen LogP contribution in [0.4, 0.5) is 5.82 Å². The summed E-state index contributed by atoms with van der Waals surface area (Å²) in [7, 11) is 0. The number of piperidine rings is 1. The molecule has 1 atom stereocenters.